The smallest absolute Gasteiger partial charge is 0.406 e. The Kier molecular flexibility index (Phi) is 4.15. The van der Waals surface area contributed by atoms with Gasteiger partial charge in [-0.1, -0.05) is 12.1 Å². The van der Waals surface area contributed by atoms with Gasteiger partial charge in [0.15, 0.2) is 0 Å². The zero-order chi connectivity index (χ0) is 15.5. The van der Waals surface area contributed by atoms with Crippen LogP contribution in [0.2, 0.25) is 0 Å². The van der Waals surface area contributed by atoms with E-state index in [4.69, 9.17) is 0 Å². The third kappa shape index (κ3) is 4.51. The number of carbonyl (C=O) groups excluding carboxylic acids is 2. The van der Waals surface area contributed by atoms with E-state index in [1.54, 1.807) is 6.07 Å². The number of azo groups is 1. The van der Waals surface area contributed by atoms with Crippen LogP contribution >= 0.6 is 0 Å². The number of allylic oxidation sites excluding steroid dienone is 1. The van der Waals surface area contributed by atoms with E-state index in [2.05, 4.69) is 15.0 Å². The molecule has 1 aliphatic heterocycles. The average molecular weight is 298 g/mol. The van der Waals surface area contributed by atoms with E-state index in [0.717, 1.165) is 6.08 Å². The first-order valence-electron chi connectivity index (χ1n) is 5.89. The van der Waals surface area contributed by atoms with Crippen LogP contribution in [0.15, 0.2) is 46.3 Å². The van der Waals surface area contributed by atoms with Crippen molar-refractivity contribution in [1.82, 2.24) is 0 Å². The zero-order valence-corrected chi connectivity index (χ0v) is 10.6. The van der Waals surface area contributed by atoms with Crippen LogP contribution in [0.25, 0.3) is 0 Å². The van der Waals surface area contributed by atoms with Gasteiger partial charge in [0.25, 0.3) is 0 Å². The zero-order valence-electron chi connectivity index (χ0n) is 10.6. The van der Waals surface area contributed by atoms with Crippen LogP contribution in [0, 0.1) is 0 Å². The van der Waals surface area contributed by atoms with Crippen molar-refractivity contribution in [2.45, 2.75) is 19.2 Å². The normalized spacial score (nSPS) is 15.1. The predicted octanol–water partition coefficient (Wildman–Crippen LogP) is 2.96. The molecule has 0 aliphatic carbocycles. The molecule has 0 fully saturated rings. The fraction of sp³-hybridized carbons (Fsp3) is 0.231. The van der Waals surface area contributed by atoms with Gasteiger partial charge in [-0.05, 0) is 30.5 Å². The van der Waals surface area contributed by atoms with Gasteiger partial charge >= 0.3 is 12.3 Å². The molecule has 1 heterocycles. The van der Waals surface area contributed by atoms with E-state index in [1.807, 2.05) is 0 Å². The molecule has 21 heavy (non-hydrogen) atoms. The molecule has 0 radical (unpaired) electrons. The highest BCUT2D eigenvalue weighted by Crippen LogP contribution is 2.24. The van der Waals surface area contributed by atoms with Gasteiger partial charge in [-0.2, -0.15) is 5.11 Å². The van der Waals surface area contributed by atoms with Crippen LogP contribution in [-0.2, 0) is 16.0 Å². The van der Waals surface area contributed by atoms with Crippen LogP contribution in [0.3, 0.4) is 0 Å². The number of amides is 1. The molecule has 0 unspecified atom stereocenters. The Morgan fingerprint density at radius 1 is 1.10 bits per heavy atom. The fourth-order valence-electron chi connectivity index (χ4n) is 1.69. The summed E-state index contributed by atoms with van der Waals surface area (Å²) in [6.07, 6.45) is -3.06. The molecule has 2 rings (SSSR count). The minimum absolute atomic E-state index is 0.276. The number of ketones is 1. The second-order valence-corrected chi connectivity index (χ2v) is 4.20. The second-order valence-electron chi connectivity index (χ2n) is 4.20. The number of hydrogen-bond acceptors (Lipinski definition) is 4. The minimum atomic E-state index is -4.74. The quantitative estimate of drug-likeness (QED) is 0.802. The van der Waals surface area contributed by atoms with E-state index in [1.165, 1.54) is 18.2 Å². The van der Waals surface area contributed by atoms with E-state index in [0.29, 0.717) is 17.7 Å². The number of aryl methyl sites for hydroxylation is 1. The first-order valence-corrected chi connectivity index (χ1v) is 5.89. The summed E-state index contributed by atoms with van der Waals surface area (Å²) < 4.78 is 40.1. The lowest BCUT2D eigenvalue weighted by atomic mass is 10.1. The maximum absolute atomic E-state index is 12.1. The standard InChI is InChI=1S/C13H9F3N2O3/c14-13(15,16)21-10-3-1-2-8(6-10)4-5-9-7-11(19)12(20)18-17-9/h1-3,6-7H,4-5H2. The Labute approximate surface area is 117 Å². The number of halogens is 3. The highest BCUT2D eigenvalue weighted by molar-refractivity contribution is 6.41. The van der Waals surface area contributed by atoms with Gasteiger partial charge in [-0.15, -0.1) is 18.3 Å². The molecule has 0 atom stereocenters. The molecule has 0 spiro atoms. The number of hydrogen-bond donors (Lipinski definition) is 0. The summed E-state index contributed by atoms with van der Waals surface area (Å²) in [5.74, 6) is -2.00. The van der Waals surface area contributed by atoms with Crippen LogP contribution in [0.5, 0.6) is 5.75 Å². The number of benzene rings is 1. The molecule has 8 heteroatoms. The highest BCUT2D eigenvalue weighted by Gasteiger charge is 2.31. The van der Waals surface area contributed by atoms with Crippen molar-refractivity contribution in [1.29, 1.82) is 0 Å². The first kappa shape index (κ1) is 14.9. The Morgan fingerprint density at radius 3 is 2.52 bits per heavy atom. The van der Waals surface area contributed by atoms with Crippen LogP contribution in [0.1, 0.15) is 12.0 Å². The lowest BCUT2D eigenvalue weighted by molar-refractivity contribution is -0.274. The third-order valence-corrected chi connectivity index (χ3v) is 2.58. The summed E-state index contributed by atoms with van der Waals surface area (Å²) in [7, 11) is 0. The molecule has 1 amide bonds. The molecule has 110 valence electrons. The summed E-state index contributed by atoms with van der Waals surface area (Å²) in [5, 5.41) is 6.73. The van der Waals surface area contributed by atoms with Gasteiger partial charge < -0.3 is 4.74 Å². The summed E-state index contributed by atoms with van der Waals surface area (Å²) in [5.41, 5.74) is 0.888. The highest BCUT2D eigenvalue weighted by atomic mass is 19.4. The van der Waals surface area contributed by atoms with Gasteiger partial charge in [0.2, 0.25) is 5.78 Å². The lowest BCUT2D eigenvalue weighted by Gasteiger charge is -2.10. The van der Waals surface area contributed by atoms with Crippen LogP contribution < -0.4 is 4.74 Å². The molecular formula is C13H9F3N2O3. The number of alkyl halides is 3. The number of carbonyl (C=O) groups is 2. The van der Waals surface area contributed by atoms with Crippen molar-refractivity contribution < 1.29 is 27.5 Å². The molecule has 0 N–H and O–H groups in total. The fourth-order valence-corrected chi connectivity index (χ4v) is 1.69. The van der Waals surface area contributed by atoms with E-state index in [-0.39, 0.29) is 12.2 Å². The number of rotatable bonds is 4. The average Bonchev–Trinajstić information content (AvgIpc) is 2.39. The van der Waals surface area contributed by atoms with Crippen molar-refractivity contribution in [2.24, 2.45) is 10.2 Å². The Balaban J connectivity index is 2.00. The van der Waals surface area contributed by atoms with Gasteiger partial charge in [0, 0.05) is 6.08 Å². The second kappa shape index (κ2) is 5.86. The molecule has 0 bridgehead atoms. The molecule has 0 saturated carbocycles. The third-order valence-electron chi connectivity index (χ3n) is 2.58. The molecule has 1 aromatic carbocycles. The van der Waals surface area contributed by atoms with Crippen molar-refractivity contribution >= 4 is 11.7 Å². The van der Waals surface area contributed by atoms with E-state index in [9.17, 15) is 22.8 Å². The van der Waals surface area contributed by atoms with Crippen LogP contribution in [-0.4, -0.2) is 18.1 Å². The number of ether oxygens (including phenoxy) is 1. The molecule has 0 saturated heterocycles. The summed E-state index contributed by atoms with van der Waals surface area (Å²) >= 11 is 0. The molecular weight excluding hydrogens is 289 g/mol. The lowest BCUT2D eigenvalue weighted by Crippen LogP contribution is -2.17. The SMILES string of the molecule is O=C1C=C(CCc2cccc(OC(F)(F)F)c2)N=NC1=O. The maximum atomic E-state index is 12.1. The van der Waals surface area contributed by atoms with E-state index < -0.39 is 18.1 Å². The summed E-state index contributed by atoms with van der Waals surface area (Å²) in [6.45, 7) is 0. The van der Waals surface area contributed by atoms with Crippen molar-refractivity contribution in [3.05, 3.63) is 41.6 Å². The first-order chi connectivity index (χ1) is 9.83. The van der Waals surface area contributed by atoms with Crippen molar-refractivity contribution in [3.63, 3.8) is 0 Å². The van der Waals surface area contributed by atoms with Crippen molar-refractivity contribution in [3.8, 4) is 5.75 Å². The Morgan fingerprint density at radius 2 is 1.86 bits per heavy atom. The van der Waals surface area contributed by atoms with Gasteiger partial charge in [0.05, 0.1) is 5.70 Å². The Hall–Kier alpha value is -2.51. The predicted molar refractivity (Wildman–Crippen MR) is 64.4 cm³/mol. The maximum Gasteiger partial charge on any atom is 0.573 e. The van der Waals surface area contributed by atoms with E-state index >= 15 is 0 Å². The minimum Gasteiger partial charge on any atom is -0.406 e. The topological polar surface area (TPSA) is 68.1 Å². The largest absolute Gasteiger partial charge is 0.573 e. The van der Waals surface area contributed by atoms with Gasteiger partial charge in [-0.25, -0.2) is 0 Å². The van der Waals surface area contributed by atoms with Crippen molar-refractivity contribution in [2.75, 3.05) is 0 Å². The number of nitrogens with zero attached hydrogens (tertiary/aromatic N) is 2. The monoisotopic (exact) mass is 298 g/mol. The van der Waals surface area contributed by atoms with Crippen LogP contribution in [0.4, 0.5) is 13.2 Å². The molecule has 1 aromatic rings. The molecule has 0 aromatic heterocycles. The van der Waals surface area contributed by atoms with Gasteiger partial charge in [-0.3, -0.25) is 9.59 Å². The summed E-state index contributed by atoms with van der Waals surface area (Å²) in [4.78, 5) is 21.9. The molecule has 5 nitrogen and oxygen atoms in total. The molecule has 1 aliphatic rings. The Bertz CT molecular complexity index is 636. The van der Waals surface area contributed by atoms with Gasteiger partial charge in [0.1, 0.15) is 5.75 Å². The summed E-state index contributed by atoms with van der Waals surface area (Å²) in [6, 6.07) is 5.50.